The lowest BCUT2D eigenvalue weighted by Gasteiger charge is -2.58. The van der Waals surface area contributed by atoms with E-state index in [0.29, 0.717) is 30.1 Å². The van der Waals surface area contributed by atoms with Gasteiger partial charge in [0, 0.05) is 6.42 Å². The van der Waals surface area contributed by atoms with Gasteiger partial charge in [0.15, 0.2) is 5.78 Å². The molecule has 3 heteroatoms. The van der Waals surface area contributed by atoms with Gasteiger partial charge in [-0.3, -0.25) is 4.79 Å². The van der Waals surface area contributed by atoms with Crippen LogP contribution < -0.4 is 4.74 Å². The molecule has 3 saturated carbocycles. The Kier molecular flexibility index (Phi) is 3.53. The van der Waals surface area contributed by atoms with Gasteiger partial charge < -0.3 is 9.47 Å². The van der Waals surface area contributed by atoms with Gasteiger partial charge in [0.05, 0.1) is 18.8 Å². The number of ether oxygens (including phenoxy) is 2. The molecule has 1 aromatic rings. The minimum absolute atomic E-state index is 0.161. The van der Waals surface area contributed by atoms with Crippen LogP contribution in [0.4, 0.5) is 0 Å². The van der Waals surface area contributed by atoms with Crippen LogP contribution in [0.15, 0.2) is 35.9 Å². The Morgan fingerprint density at radius 1 is 1.11 bits per heavy atom. The van der Waals surface area contributed by atoms with Crippen LogP contribution in [0.25, 0.3) is 0 Å². The van der Waals surface area contributed by atoms with Crippen LogP contribution in [0.2, 0.25) is 0 Å². The molecule has 5 aliphatic rings. The van der Waals surface area contributed by atoms with Gasteiger partial charge in [0.2, 0.25) is 0 Å². The number of hydrogen-bond donors (Lipinski definition) is 0. The first-order valence-electron chi connectivity index (χ1n) is 11.1. The normalized spacial score (nSPS) is 46.0. The van der Waals surface area contributed by atoms with E-state index in [1.807, 2.05) is 6.08 Å². The highest BCUT2D eigenvalue weighted by Gasteiger charge is 2.72. The molecule has 3 nitrogen and oxygen atoms in total. The third-order valence-electron chi connectivity index (χ3n) is 9.15. The van der Waals surface area contributed by atoms with Gasteiger partial charge in [-0.15, -0.1) is 0 Å². The summed E-state index contributed by atoms with van der Waals surface area (Å²) in [6.07, 6.45) is 10.4. The summed E-state index contributed by atoms with van der Waals surface area (Å²) in [4.78, 5) is 12.2. The molecule has 1 saturated heterocycles. The van der Waals surface area contributed by atoms with Gasteiger partial charge in [0.1, 0.15) is 5.75 Å². The zero-order valence-corrected chi connectivity index (χ0v) is 16.9. The van der Waals surface area contributed by atoms with Crippen molar-refractivity contribution in [3.05, 3.63) is 41.5 Å². The van der Waals surface area contributed by atoms with Gasteiger partial charge >= 0.3 is 0 Å². The highest BCUT2D eigenvalue weighted by atomic mass is 16.6. The molecule has 7 atom stereocenters. The lowest BCUT2D eigenvalue weighted by Crippen LogP contribution is -2.53. The van der Waals surface area contributed by atoms with Crippen LogP contribution in [-0.4, -0.2) is 24.6 Å². The Morgan fingerprint density at radius 3 is 2.68 bits per heavy atom. The van der Waals surface area contributed by atoms with Crippen molar-refractivity contribution in [2.24, 2.45) is 23.2 Å². The maximum absolute atomic E-state index is 12.2. The van der Waals surface area contributed by atoms with E-state index < -0.39 is 0 Å². The number of hydrogen-bond acceptors (Lipinski definition) is 3. The zero-order chi connectivity index (χ0) is 19.1. The Labute approximate surface area is 167 Å². The number of carbonyl (C=O) groups is 1. The highest BCUT2D eigenvalue weighted by molar-refractivity contribution is 5.91. The molecule has 148 valence electrons. The van der Waals surface area contributed by atoms with Gasteiger partial charge in [-0.05, 0) is 91.4 Å². The largest absolute Gasteiger partial charge is 0.497 e. The maximum atomic E-state index is 12.2. The molecule has 0 aromatic heterocycles. The zero-order valence-electron chi connectivity index (χ0n) is 16.9. The van der Waals surface area contributed by atoms with Crippen molar-refractivity contribution in [2.45, 2.75) is 69.5 Å². The molecule has 1 spiro atoms. The number of epoxide rings is 1. The van der Waals surface area contributed by atoms with Gasteiger partial charge in [-0.2, -0.15) is 0 Å². The molecular weight excluding hydrogens is 348 g/mol. The quantitative estimate of drug-likeness (QED) is 0.676. The standard InChI is InChI=1S/C25H30O3/c1-24-12-11-17(26)13-16(24)5-8-19-21-9-10-22-25(21,28-22)14-20(23(19)24)15-3-6-18(27-2)7-4-15/h3-4,6-7,13,19-23H,5,8-12,14H2,1-2H3. The Hall–Kier alpha value is -1.61. The van der Waals surface area contributed by atoms with Crippen LogP contribution in [0.3, 0.4) is 0 Å². The SMILES string of the molecule is COc1ccc(C2CC34OC3CCC4C3CCC4=CC(=O)CCC4(C)C23)cc1. The molecular formula is C25H30O3. The maximum Gasteiger partial charge on any atom is 0.155 e. The highest BCUT2D eigenvalue weighted by Crippen LogP contribution is 2.71. The average Bonchev–Trinajstić information content (AvgIpc) is 3.28. The lowest BCUT2D eigenvalue weighted by atomic mass is 9.46. The molecule has 4 fully saturated rings. The van der Waals surface area contributed by atoms with Crippen molar-refractivity contribution >= 4 is 5.78 Å². The molecule has 6 rings (SSSR count). The van der Waals surface area contributed by atoms with E-state index >= 15 is 0 Å². The predicted molar refractivity (Wildman–Crippen MR) is 107 cm³/mol. The van der Waals surface area contributed by atoms with E-state index in [4.69, 9.17) is 9.47 Å². The fourth-order valence-electron chi connectivity index (χ4n) is 7.87. The van der Waals surface area contributed by atoms with E-state index in [0.717, 1.165) is 36.8 Å². The topological polar surface area (TPSA) is 38.8 Å². The lowest BCUT2D eigenvalue weighted by molar-refractivity contribution is -0.117. The van der Waals surface area contributed by atoms with Crippen molar-refractivity contribution in [3.63, 3.8) is 0 Å². The van der Waals surface area contributed by atoms with Crippen molar-refractivity contribution in [2.75, 3.05) is 7.11 Å². The Morgan fingerprint density at radius 2 is 1.93 bits per heavy atom. The van der Waals surface area contributed by atoms with E-state index in [-0.39, 0.29) is 11.0 Å². The van der Waals surface area contributed by atoms with Crippen molar-refractivity contribution < 1.29 is 14.3 Å². The summed E-state index contributed by atoms with van der Waals surface area (Å²) in [5.41, 5.74) is 3.19. The number of rotatable bonds is 2. The van der Waals surface area contributed by atoms with E-state index in [1.54, 1.807) is 7.11 Å². The third kappa shape index (κ3) is 2.17. The van der Waals surface area contributed by atoms with Crippen LogP contribution in [0.1, 0.15) is 63.4 Å². The molecule has 0 amide bonds. The molecule has 1 aromatic carbocycles. The number of ketones is 1. The number of methoxy groups -OCH3 is 1. The fourth-order valence-corrected chi connectivity index (χ4v) is 7.87. The number of fused-ring (bicyclic) bond motifs is 4. The molecule has 0 radical (unpaired) electrons. The first kappa shape index (κ1) is 17.3. The summed E-state index contributed by atoms with van der Waals surface area (Å²) in [7, 11) is 1.73. The van der Waals surface area contributed by atoms with Crippen LogP contribution >= 0.6 is 0 Å². The molecule has 28 heavy (non-hydrogen) atoms. The summed E-state index contributed by atoms with van der Waals surface area (Å²) in [5.74, 6) is 3.85. The summed E-state index contributed by atoms with van der Waals surface area (Å²) in [6.45, 7) is 2.47. The molecule has 1 heterocycles. The predicted octanol–water partition coefficient (Wildman–Crippen LogP) is 5.05. The van der Waals surface area contributed by atoms with Gasteiger partial charge in [-0.1, -0.05) is 24.6 Å². The second kappa shape index (κ2) is 5.72. The van der Waals surface area contributed by atoms with Crippen LogP contribution in [0.5, 0.6) is 5.75 Å². The number of carbonyl (C=O) groups excluding carboxylic acids is 1. The van der Waals surface area contributed by atoms with E-state index in [1.165, 1.54) is 30.4 Å². The molecule has 7 unspecified atom stereocenters. The summed E-state index contributed by atoms with van der Waals surface area (Å²) in [5, 5.41) is 0. The summed E-state index contributed by atoms with van der Waals surface area (Å²) in [6, 6.07) is 8.78. The molecule has 1 aliphatic heterocycles. The second-order valence-corrected chi connectivity index (χ2v) is 10.1. The van der Waals surface area contributed by atoms with E-state index in [9.17, 15) is 4.79 Å². The molecule has 4 aliphatic carbocycles. The average molecular weight is 379 g/mol. The fraction of sp³-hybridized carbons (Fsp3) is 0.640. The van der Waals surface area contributed by atoms with Crippen molar-refractivity contribution in [1.82, 2.24) is 0 Å². The van der Waals surface area contributed by atoms with Crippen molar-refractivity contribution in [3.8, 4) is 5.75 Å². The molecule has 0 N–H and O–H groups in total. The van der Waals surface area contributed by atoms with Gasteiger partial charge in [-0.25, -0.2) is 0 Å². The first-order valence-corrected chi connectivity index (χ1v) is 11.1. The van der Waals surface area contributed by atoms with Crippen molar-refractivity contribution in [1.29, 1.82) is 0 Å². The van der Waals surface area contributed by atoms with Crippen LogP contribution in [0, 0.1) is 23.2 Å². The number of benzene rings is 1. The summed E-state index contributed by atoms with van der Waals surface area (Å²) < 4.78 is 11.8. The van der Waals surface area contributed by atoms with Gasteiger partial charge in [0.25, 0.3) is 0 Å². The minimum Gasteiger partial charge on any atom is -0.497 e. The molecule has 0 bridgehead atoms. The number of allylic oxidation sites excluding steroid dienone is 1. The smallest absolute Gasteiger partial charge is 0.155 e. The third-order valence-corrected chi connectivity index (χ3v) is 9.15. The first-order chi connectivity index (χ1) is 13.5. The Balaban J connectivity index is 1.46. The van der Waals surface area contributed by atoms with Crippen LogP contribution in [-0.2, 0) is 9.53 Å². The minimum atomic E-state index is 0.161. The second-order valence-electron chi connectivity index (χ2n) is 10.1. The monoisotopic (exact) mass is 378 g/mol. The van der Waals surface area contributed by atoms with E-state index in [2.05, 4.69) is 31.2 Å². The summed E-state index contributed by atoms with van der Waals surface area (Å²) >= 11 is 0. The Bertz CT molecular complexity index is 855.